The van der Waals surface area contributed by atoms with Crippen LogP contribution in [-0.2, 0) is 9.84 Å². The van der Waals surface area contributed by atoms with Crippen molar-refractivity contribution in [3.63, 3.8) is 0 Å². The molecule has 1 aromatic heterocycles. The molecular formula is C23H17ClO4S. The molecule has 4 rings (SSSR count). The average molecular weight is 425 g/mol. The Bertz CT molecular complexity index is 1400. The highest BCUT2D eigenvalue weighted by atomic mass is 35.5. The second kappa shape index (κ2) is 7.17. The van der Waals surface area contributed by atoms with E-state index in [1.807, 2.05) is 6.92 Å². The van der Waals surface area contributed by atoms with Crippen molar-refractivity contribution >= 4 is 32.4 Å². The summed E-state index contributed by atoms with van der Waals surface area (Å²) in [6.45, 7) is 1.88. The lowest BCUT2D eigenvalue weighted by Gasteiger charge is -2.13. The molecule has 0 N–H and O–H groups in total. The maximum Gasteiger partial charge on any atom is 0.201 e. The maximum atomic E-state index is 13.4. The van der Waals surface area contributed by atoms with Gasteiger partial charge < -0.3 is 4.42 Å². The Morgan fingerprint density at radius 1 is 0.931 bits per heavy atom. The van der Waals surface area contributed by atoms with Gasteiger partial charge in [0.1, 0.15) is 11.3 Å². The molecule has 6 heteroatoms. The number of benzene rings is 3. The molecule has 29 heavy (non-hydrogen) atoms. The summed E-state index contributed by atoms with van der Waals surface area (Å²) in [5, 5.41) is 1.06. The summed E-state index contributed by atoms with van der Waals surface area (Å²) in [6.07, 6.45) is 1.15. The van der Waals surface area contributed by atoms with E-state index in [4.69, 9.17) is 16.0 Å². The first-order valence-corrected chi connectivity index (χ1v) is 11.2. The van der Waals surface area contributed by atoms with Crippen molar-refractivity contribution in [2.45, 2.75) is 11.8 Å². The standard InChI is InChI=1S/C23H17ClO4S/c1-14-13-16(24)9-12-18(14)21-22(25)19-5-3-4-6-20(19)28-23(21)15-7-10-17(11-8-15)29(2,26)27/h3-13H,1-2H3. The first-order valence-electron chi connectivity index (χ1n) is 8.88. The molecule has 0 amide bonds. The van der Waals surface area contributed by atoms with Gasteiger partial charge in [-0.15, -0.1) is 0 Å². The van der Waals surface area contributed by atoms with Gasteiger partial charge in [-0.1, -0.05) is 29.8 Å². The van der Waals surface area contributed by atoms with Gasteiger partial charge in [-0.25, -0.2) is 8.42 Å². The molecule has 0 aliphatic carbocycles. The van der Waals surface area contributed by atoms with Crippen LogP contribution in [0.1, 0.15) is 5.56 Å². The van der Waals surface area contributed by atoms with Crippen LogP contribution in [0, 0.1) is 6.92 Å². The second-order valence-electron chi connectivity index (χ2n) is 6.89. The Hall–Kier alpha value is -2.89. The summed E-state index contributed by atoms with van der Waals surface area (Å²) in [7, 11) is -3.33. The summed E-state index contributed by atoms with van der Waals surface area (Å²) in [6, 6.07) is 18.7. The average Bonchev–Trinajstić information content (AvgIpc) is 2.68. The fourth-order valence-electron chi connectivity index (χ4n) is 3.35. The van der Waals surface area contributed by atoms with E-state index in [9.17, 15) is 13.2 Å². The molecule has 4 nitrogen and oxygen atoms in total. The summed E-state index contributed by atoms with van der Waals surface area (Å²) < 4.78 is 29.7. The Labute approximate surface area is 173 Å². The molecule has 0 saturated heterocycles. The van der Waals surface area contributed by atoms with Gasteiger partial charge in [-0.3, -0.25) is 4.79 Å². The Morgan fingerprint density at radius 3 is 2.28 bits per heavy atom. The molecule has 3 aromatic carbocycles. The lowest BCUT2D eigenvalue weighted by Crippen LogP contribution is -2.08. The second-order valence-corrected chi connectivity index (χ2v) is 9.34. The first-order chi connectivity index (χ1) is 13.8. The largest absolute Gasteiger partial charge is 0.455 e. The number of aryl methyl sites for hydroxylation is 1. The lowest BCUT2D eigenvalue weighted by molar-refractivity contribution is 0.601. The van der Waals surface area contributed by atoms with Crippen molar-refractivity contribution in [2.75, 3.05) is 6.26 Å². The Balaban J connectivity index is 2.06. The van der Waals surface area contributed by atoms with Crippen LogP contribution in [0.3, 0.4) is 0 Å². The number of hydrogen-bond donors (Lipinski definition) is 0. The van der Waals surface area contributed by atoms with E-state index < -0.39 is 9.84 Å². The zero-order valence-corrected chi connectivity index (χ0v) is 17.3. The van der Waals surface area contributed by atoms with E-state index >= 15 is 0 Å². The van der Waals surface area contributed by atoms with Crippen molar-refractivity contribution in [1.82, 2.24) is 0 Å². The fraction of sp³-hybridized carbons (Fsp3) is 0.0870. The molecule has 0 unspecified atom stereocenters. The minimum atomic E-state index is -3.33. The van der Waals surface area contributed by atoms with Crippen molar-refractivity contribution in [1.29, 1.82) is 0 Å². The molecular weight excluding hydrogens is 408 g/mol. The Kier molecular flexibility index (Phi) is 4.81. The molecule has 146 valence electrons. The minimum Gasteiger partial charge on any atom is -0.455 e. The molecule has 0 fully saturated rings. The monoisotopic (exact) mass is 424 g/mol. The zero-order chi connectivity index (χ0) is 20.8. The van der Waals surface area contributed by atoms with E-state index in [0.717, 1.165) is 17.4 Å². The number of sulfone groups is 1. The molecule has 0 bridgehead atoms. The predicted octanol–water partition coefficient (Wildman–Crippen LogP) is 5.49. The van der Waals surface area contributed by atoms with E-state index in [1.54, 1.807) is 54.6 Å². The van der Waals surface area contributed by atoms with Crippen LogP contribution < -0.4 is 5.43 Å². The summed E-state index contributed by atoms with van der Waals surface area (Å²) in [4.78, 5) is 13.6. The zero-order valence-electron chi connectivity index (χ0n) is 15.8. The van der Waals surface area contributed by atoms with Crippen LogP contribution in [0.4, 0.5) is 0 Å². The first kappa shape index (κ1) is 19.4. The third-order valence-corrected chi connectivity index (χ3v) is 6.16. The summed E-state index contributed by atoms with van der Waals surface area (Å²) in [5.41, 5.74) is 2.91. The SMILES string of the molecule is Cc1cc(Cl)ccc1-c1c(-c2ccc(S(C)(=O)=O)cc2)oc2ccccc2c1=O. The molecule has 4 aromatic rings. The molecule has 0 atom stereocenters. The van der Waals surface area contributed by atoms with Gasteiger partial charge in [0.25, 0.3) is 0 Å². The third-order valence-electron chi connectivity index (χ3n) is 4.80. The summed E-state index contributed by atoms with van der Waals surface area (Å²) >= 11 is 6.10. The van der Waals surface area contributed by atoms with E-state index in [2.05, 4.69) is 0 Å². The minimum absolute atomic E-state index is 0.153. The highest BCUT2D eigenvalue weighted by molar-refractivity contribution is 7.90. The van der Waals surface area contributed by atoms with E-state index in [1.165, 1.54) is 12.1 Å². The van der Waals surface area contributed by atoms with Gasteiger partial charge in [0.15, 0.2) is 9.84 Å². The van der Waals surface area contributed by atoms with Crippen LogP contribution in [0.25, 0.3) is 33.4 Å². The lowest BCUT2D eigenvalue weighted by atomic mass is 9.95. The van der Waals surface area contributed by atoms with Crippen LogP contribution >= 0.6 is 11.6 Å². The third kappa shape index (κ3) is 3.59. The summed E-state index contributed by atoms with van der Waals surface area (Å²) in [5.74, 6) is 0.388. The number of halogens is 1. The number of hydrogen-bond acceptors (Lipinski definition) is 4. The molecule has 0 saturated carbocycles. The van der Waals surface area contributed by atoms with Crippen molar-refractivity contribution in [3.8, 4) is 22.5 Å². The van der Waals surface area contributed by atoms with E-state index in [0.29, 0.717) is 32.9 Å². The quantitative estimate of drug-likeness (QED) is 0.436. The highest BCUT2D eigenvalue weighted by Crippen LogP contribution is 2.35. The predicted molar refractivity (Wildman–Crippen MR) is 116 cm³/mol. The molecule has 0 aliphatic heterocycles. The molecule has 1 heterocycles. The van der Waals surface area contributed by atoms with Gasteiger partial charge in [-0.2, -0.15) is 0 Å². The maximum absolute atomic E-state index is 13.4. The fourth-order valence-corrected chi connectivity index (χ4v) is 4.21. The Morgan fingerprint density at radius 2 is 1.62 bits per heavy atom. The molecule has 0 aliphatic rings. The number of rotatable bonds is 3. The van der Waals surface area contributed by atoms with Crippen LogP contribution in [0.5, 0.6) is 0 Å². The van der Waals surface area contributed by atoms with Gasteiger partial charge in [0.05, 0.1) is 15.8 Å². The molecule has 0 radical (unpaired) electrons. The van der Waals surface area contributed by atoms with Gasteiger partial charge in [0, 0.05) is 16.8 Å². The van der Waals surface area contributed by atoms with E-state index in [-0.39, 0.29) is 10.3 Å². The van der Waals surface area contributed by atoms with Crippen LogP contribution in [0.2, 0.25) is 5.02 Å². The topological polar surface area (TPSA) is 64.3 Å². The van der Waals surface area contributed by atoms with Gasteiger partial charge in [0.2, 0.25) is 5.43 Å². The van der Waals surface area contributed by atoms with Gasteiger partial charge in [-0.05, 0) is 66.6 Å². The van der Waals surface area contributed by atoms with Crippen LogP contribution in [0.15, 0.2) is 80.8 Å². The van der Waals surface area contributed by atoms with Crippen LogP contribution in [-0.4, -0.2) is 14.7 Å². The molecule has 0 spiro atoms. The highest BCUT2D eigenvalue weighted by Gasteiger charge is 2.20. The number of para-hydroxylation sites is 1. The number of fused-ring (bicyclic) bond motifs is 1. The normalized spacial score (nSPS) is 11.7. The van der Waals surface area contributed by atoms with Crippen molar-refractivity contribution in [2.24, 2.45) is 0 Å². The van der Waals surface area contributed by atoms with Crippen molar-refractivity contribution < 1.29 is 12.8 Å². The van der Waals surface area contributed by atoms with Crippen molar-refractivity contribution in [3.05, 3.63) is 87.5 Å². The smallest absolute Gasteiger partial charge is 0.201 e. The van der Waals surface area contributed by atoms with Gasteiger partial charge >= 0.3 is 0 Å².